The minimum absolute atomic E-state index is 0.125. The lowest BCUT2D eigenvalue weighted by molar-refractivity contribution is -0.114. The number of nitrogens with zero attached hydrogens (tertiary/aromatic N) is 1. The summed E-state index contributed by atoms with van der Waals surface area (Å²) in [6.07, 6.45) is 0. The Balaban J connectivity index is 2.02. The highest BCUT2D eigenvalue weighted by Gasteiger charge is 2.08. The SMILES string of the molecule is CC(=O)Nc1ccc(C(C)=NNC(=O)c2ccc(Cl)s2)cc1. The van der Waals surface area contributed by atoms with Gasteiger partial charge in [-0.05, 0) is 36.8 Å². The van der Waals surface area contributed by atoms with E-state index in [9.17, 15) is 9.59 Å². The topological polar surface area (TPSA) is 70.6 Å². The molecule has 1 aromatic heterocycles. The Labute approximate surface area is 137 Å². The van der Waals surface area contributed by atoms with Crippen LogP contribution in [-0.2, 0) is 4.79 Å². The molecule has 2 N–H and O–H groups in total. The zero-order valence-electron chi connectivity index (χ0n) is 12.0. The van der Waals surface area contributed by atoms with Crippen LogP contribution in [0.4, 0.5) is 5.69 Å². The van der Waals surface area contributed by atoms with Gasteiger partial charge in [0.1, 0.15) is 0 Å². The van der Waals surface area contributed by atoms with Crippen molar-refractivity contribution in [2.24, 2.45) is 5.10 Å². The molecule has 1 heterocycles. The molecule has 0 spiro atoms. The number of thiophene rings is 1. The highest BCUT2D eigenvalue weighted by Crippen LogP contribution is 2.21. The van der Waals surface area contributed by atoms with Crippen LogP contribution in [0.15, 0.2) is 41.5 Å². The van der Waals surface area contributed by atoms with E-state index in [1.807, 2.05) is 12.1 Å². The zero-order chi connectivity index (χ0) is 16.1. The Morgan fingerprint density at radius 2 is 1.77 bits per heavy atom. The molecule has 2 rings (SSSR count). The van der Waals surface area contributed by atoms with E-state index in [1.165, 1.54) is 18.3 Å². The Morgan fingerprint density at radius 1 is 1.09 bits per heavy atom. The van der Waals surface area contributed by atoms with Gasteiger partial charge in [-0.25, -0.2) is 5.43 Å². The molecule has 0 atom stereocenters. The van der Waals surface area contributed by atoms with Crippen molar-refractivity contribution in [2.45, 2.75) is 13.8 Å². The number of halogens is 1. The number of carbonyl (C=O) groups is 2. The van der Waals surface area contributed by atoms with Crippen molar-refractivity contribution in [1.82, 2.24) is 5.43 Å². The van der Waals surface area contributed by atoms with E-state index in [0.29, 0.717) is 20.6 Å². The summed E-state index contributed by atoms with van der Waals surface area (Å²) in [4.78, 5) is 23.3. The molecule has 0 aliphatic heterocycles. The lowest BCUT2D eigenvalue weighted by Gasteiger charge is -2.05. The Morgan fingerprint density at radius 3 is 2.32 bits per heavy atom. The molecule has 7 heteroatoms. The highest BCUT2D eigenvalue weighted by atomic mass is 35.5. The maximum absolute atomic E-state index is 11.9. The predicted octanol–water partition coefficient (Wildman–Crippen LogP) is 3.51. The number of hydrazone groups is 1. The number of amides is 2. The zero-order valence-corrected chi connectivity index (χ0v) is 13.6. The van der Waals surface area contributed by atoms with Gasteiger partial charge in [-0.2, -0.15) is 5.10 Å². The maximum Gasteiger partial charge on any atom is 0.281 e. The minimum Gasteiger partial charge on any atom is -0.326 e. The molecule has 0 saturated carbocycles. The van der Waals surface area contributed by atoms with Gasteiger partial charge in [0.2, 0.25) is 5.91 Å². The van der Waals surface area contributed by atoms with Crippen LogP contribution in [0.25, 0.3) is 0 Å². The first kappa shape index (κ1) is 16.2. The molecule has 2 amide bonds. The van der Waals surface area contributed by atoms with Crippen molar-refractivity contribution in [1.29, 1.82) is 0 Å². The summed E-state index contributed by atoms with van der Waals surface area (Å²) in [5.74, 6) is -0.425. The number of nitrogens with one attached hydrogen (secondary N) is 2. The maximum atomic E-state index is 11.9. The predicted molar refractivity (Wildman–Crippen MR) is 89.8 cm³/mol. The van der Waals surface area contributed by atoms with Crippen LogP contribution in [0.2, 0.25) is 4.34 Å². The second-order valence-corrected chi connectivity index (χ2v) is 6.22. The van der Waals surface area contributed by atoms with E-state index in [0.717, 1.165) is 5.56 Å². The Hall–Kier alpha value is -2.18. The van der Waals surface area contributed by atoms with Crippen LogP contribution in [0, 0.1) is 0 Å². The summed E-state index contributed by atoms with van der Waals surface area (Å²) in [7, 11) is 0. The number of rotatable bonds is 4. The lowest BCUT2D eigenvalue weighted by atomic mass is 10.1. The molecule has 1 aromatic carbocycles. The first-order valence-electron chi connectivity index (χ1n) is 6.43. The minimum atomic E-state index is -0.300. The van der Waals surface area contributed by atoms with E-state index >= 15 is 0 Å². The van der Waals surface area contributed by atoms with Crippen molar-refractivity contribution in [3.05, 3.63) is 51.2 Å². The third-order valence-electron chi connectivity index (χ3n) is 2.75. The van der Waals surface area contributed by atoms with E-state index in [1.54, 1.807) is 31.2 Å². The molecule has 5 nitrogen and oxygen atoms in total. The van der Waals surface area contributed by atoms with Gasteiger partial charge in [-0.1, -0.05) is 23.7 Å². The van der Waals surface area contributed by atoms with Gasteiger partial charge >= 0.3 is 0 Å². The van der Waals surface area contributed by atoms with E-state index in [2.05, 4.69) is 15.8 Å². The molecule has 0 fully saturated rings. The Bertz CT molecular complexity index is 723. The van der Waals surface area contributed by atoms with Crippen LogP contribution >= 0.6 is 22.9 Å². The molecule has 0 aliphatic carbocycles. The standard InChI is InChI=1S/C15H14ClN3O2S/c1-9(11-3-5-12(6-4-11)17-10(2)20)18-19-15(21)13-7-8-14(16)22-13/h3-8H,1-2H3,(H,17,20)(H,19,21). The summed E-state index contributed by atoms with van der Waals surface area (Å²) in [6.45, 7) is 3.24. The van der Waals surface area contributed by atoms with Crippen molar-refractivity contribution in [3.8, 4) is 0 Å². The smallest absolute Gasteiger partial charge is 0.281 e. The summed E-state index contributed by atoms with van der Waals surface area (Å²) >= 11 is 6.98. The summed E-state index contributed by atoms with van der Waals surface area (Å²) in [6, 6.07) is 10.5. The number of carbonyl (C=O) groups excluding carboxylic acids is 2. The molecule has 0 bridgehead atoms. The van der Waals surface area contributed by atoms with E-state index in [4.69, 9.17) is 11.6 Å². The average Bonchev–Trinajstić information content (AvgIpc) is 2.91. The third kappa shape index (κ3) is 4.41. The lowest BCUT2D eigenvalue weighted by Crippen LogP contribution is -2.18. The number of hydrogen-bond acceptors (Lipinski definition) is 4. The molecule has 0 aliphatic rings. The van der Waals surface area contributed by atoms with Crippen molar-refractivity contribution in [3.63, 3.8) is 0 Å². The van der Waals surface area contributed by atoms with E-state index < -0.39 is 0 Å². The Kier molecular flexibility index (Phi) is 5.30. The molecular formula is C15H14ClN3O2S. The van der Waals surface area contributed by atoms with Crippen LogP contribution in [0.3, 0.4) is 0 Å². The summed E-state index contributed by atoms with van der Waals surface area (Å²) < 4.78 is 0.555. The summed E-state index contributed by atoms with van der Waals surface area (Å²) in [5.41, 5.74) is 4.70. The average molecular weight is 336 g/mol. The molecule has 0 radical (unpaired) electrons. The van der Waals surface area contributed by atoms with Crippen molar-refractivity contribution >= 4 is 46.2 Å². The van der Waals surface area contributed by atoms with Crippen LogP contribution in [-0.4, -0.2) is 17.5 Å². The summed E-state index contributed by atoms with van der Waals surface area (Å²) in [5, 5.41) is 6.75. The molecule has 22 heavy (non-hydrogen) atoms. The molecule has 2 aromatic rings. The van der Waals surface area contributed by atoms with Crippen molar-refractivity contribution in [2.75, 3.05) is 5.32 Å². The molecule has 0 saturated heterocycles. The molecular weight excluding hydrogens is 322 g/mol. The van der Waals surface area contributed by atoms with Gasteiger partial charge in [0, 0.05) is 12.6 Å². The molecule has 114 valence electrons. The fourth-order valence-corrected chi connectivity index (χ4v) is 2.62. The van der Waals surface area contributed by atoms with Gasteiger partial charge < -0.3 is 5.32 Å². The number of anilines is 1. The van der Waals surface area contributed by atoms with Crippen molar-refractivity contribution < 1.29 is 9.59 Å². The van der Waals surface area contributed by atoms with Crippen LogP contribution in [0.5, 0.6) is 0 Å². The van der Waals surface area contributed by atoms with Gasteiger partial charge in [0.25, 0.3) is 5.91 Å². The van der Waals surface area contributed by atoms with Crippen LogP contribution < -0.4 is 10.7 Å². The number of benzene rings is 1. The second kappa shape index (κ2) is 7.20. The fourth-order valence-electron chi connectivity index (χ4n) is 1.69. The molecule has 0 unspecified atom stereocenters. The first-order valence-corrected chi connectivity index (χ1v) is 7.63. The van der Waals surface area contributed by atoms with Gasteiger partial charge in [0.05, 0.1) is 14.9 Å². The van der Waals surface area contributed by atoms with Gasteiger partial charge in [-0.15, -0.1) is 11.3 Å². The van der Waals surface area contributed by atoms with Gasteiger partial charge in [-0.3, -0.25) is 9.59 Å². The largest absolute Gasteiger partial charge is 0.326 e. The monoisotopic (exact) mass is 335 g/mol. The normalized spacial score (nSPS) is 11.1. The third-order valence-corrected chi connectivity index (χ3v) is 3.98. The number of hydrogen-bond donors (Lipinski definition) is 2. The second-order valence-electron chi connectivity index (χ2n) is 4.50. The first-order chi connectivity index (χ1) is 10.5. The van der Waals surface area contributed by atoms with E-state index in [-0.39, 0.29) is 11.8 Å². The highest BCUT2D eigenvalue weighted by molar-refractivity contribution is 7.17. The van der Waals surface area contributed by atoms with Crippen LogP contribution in [0.1, 0.15) is 29.1 Å². The van der Waals surface area contributed by atoms with Gasteiger partial charge in [0.15, 0.2) is 0 Å². The quantitative estimate of drug-likeness (QED) is 0.663. The fraction of sp³-hybridized carbons (Fsp3) is 0.133.